The topological polar surface area (TPSA) is 162 Å². The van der Waals surface area contributed by atoms with Crippen LogP contribution in [0.3, 0.4) is 0 Å². The molecule has 2 N–H and O–H groups in total. The molecule has 8 rings (SSSR count). The van der Waals surface area contributed by atoms with E-state index in [2.05, 4.69) is 47.4 Å². The fraction of sp³-hybridized carbons (Fsp3) is 0.475. The van der Waals surface area contributed by atoms with E-state index in [1.807, 2.05) is 24.4 Å². The summed E-state index contributed by atoms with van der Waals surface area (Å²) in [6, 6.07) is 16.7. The van der Waals surface area contributed by atoms with Crippen LogP contribution >= 0.6 is 11.6 Å². The molecule has 3 aliphatic heterocycles. The van der Waals surface area contributed by atoms with Gasteiger partial charge in [0.1, 0.15) is 11.8 Å². The summed E-state index contributed by atoms with van der Waals surface area (Å²) in [5.41, 5.74) is 2.53. The number of hydrogen-bond donors (Lipinski definition) is 2. The summed E-state index contributed by atoms with van der Waals surface area (Å²) in [5.74, 6) is 1.51. The number of nitrogens with zero attached hydrogens (tertiary/aromatic N) is 8. The minimum absolute atomic E-state index is 0.0293. The molecule has 286 valence electrons. The highest BCUT2D eigenvalue weighted by Gasteiger charge is 2.30. The highest BCUT2D eigenvalue weighted by atomic mass is 35.5. The summed E-state index contributed by atoms with van der Waals surface area (Å²) < 4.78 is 8.21. The van der Waals surface area contributed by atoms with Crippen molar-refractivity contribution < 1.29 is 19.1 Å². The number of hydrogen-bond acceptors (Lipinski definition) is 10. The Morgan fingerprint density at radius 1 is 0.982 bits per heavy atom. The molecule has 4 aromatic rings. The number of imide groups is 1. The van der Waals surface area contributed by atoms with Gasteiger partial charge in [0.2, 0.25) is 5.91 Å². The van der Waals surface area contributed by atoms with Crippen LogP contribution in [0.5, 0.6) is 5.75 Å². The Kier molecular flexibility index (Phi) is 10.8. The number of aromatic nitrogens is 4. The molecule has 3 saturated heterocycles. The molecule has 2 aromatic heterocycles. The SMILES string of the molecule is N#Cc1ccc(O[C@H]2CC[C@H](NC(=O)c3ccc(N4CCC[C@H](CN5CCC(n6ncc7c(N8CCC(=O)NC8=O)cccc76)CC5)C4)nn3)CC2)cc1Cl. The first kappa shape index (κ1) is 36.7. The molecule has 55 heavy (non-hydrogen) atoms. The first-order valence-corrected chi connectivity index (χ1v) is 19.7. The Balaban J connectivity index is 0.791. The van der Waals surface area contributed by atoms with E-state index >= 15 is 0 Å². The van der Waals surface area contributed by atoms with Gasteiger partial charge in [-0.15, -0.1) is 10.2 Å². The Morgan fingerprint density at radius 2 is 1.82 bits per heavy atom. The number of piperidine rings is 2. The van der Waals surface area contributed by atoms with Gasteiger partial charge in [0, 0.05) is 63.2 Å². The number of nitriles is 1. The van der Waals surface area contributed by atoms with Crippen molar-refractivity contribution in [3.05, 3.63) is 71.0 Å². The van der Waals surface area contributed by atoms with Crippen LogP contribution in [0, 0.1) is 17.2 Å². The number of rotatable bonds is 9. The maximum Gasteiger partial charge on any atom is 0.328 e. The van der Waals surface area contributed by atoms with Crippen LogP contribution in [0.15, 0.2) is 54.7 Å². The van der Waals surface area contributed by atoms with Crippen molar-refractivity contribution in [1.29, 1.82) is 5.26 Å². The van der Waals surface area contributed by atoms with Gasteiger partial charge in [-0.05, 0) is 93.7 Å². The van der Waals surface area contributed by atoms with Crippen LogP contribution in [0.2, 0.25) is 5.02 Å². The third-order valence-electron chi connectivity index (χ3n) is 11.5. The summed E-state index contributed by atoms with van der Waals surface area (Å²) in [6.07, 6.45) is 9.60. The van der Waals surface area contributed by atoms with Gasteiger partial charge in [-0.3, -0.25) is 24.5 Å². The summed E-state index contributed by atoms with van der Waals surface area (Å²) >= 11 is 6.16. The second kappa shape index (κ2) is 16.2. The molecule has 4 fully saturated rings. The van der Waals surface area contributed by atoms with Crippen LogP contribution in [0.1, 0.15) is 79.9 Å². The van der Waals surface area contributed by atoms with Crippen LogP contribution in [0.4, 0.5) is 16.3 Å². The zero-order valence-corrected chi connectivity index (χ0v) is 31.5. The normalized spacial score (nSPS) is 22.7. The molecular weight excluding hydrogens is 720 g/mol. The van der Waals surface area contributed by atoms with Gasteiger partial charge >= 0.3 is 6.03 Å². The van der Waals surface area contributed by atoms with Gasteiger partial charge in [-0.2, -0.15) is 10.4 Å². The smallest absolute Gasteiger partial charge is 0.328 e. The first-order valence-electron chi connectivity index (χ1n) is 19.4. The maximum atomic E-state index is 13.1. The van der Waals surface area contributed by atoms with E-state index in [1.54, 1.807) is 29.2 Å². The molecule has 15 heteroatoms. The number of fused-ring (bicyclic) bond motifs is 1. The molecule has 4 amide bonds. The predicted molar refractivity (Wildman–Crippen MR) is 207 cm³/mol. The molecule has 0 unspecified atom stereocenters. The van der Waals surface area contributed by atoms with Crippen molar-refractivity contribution >= 4 is 51.9 Å². The van der Waals surface area contributed by atoms with Crippen molar-refractivity contribution in [1.82, 2.24) is 35.5 Å². The van der Waals surface area contributed by atoms with Crippen molar-refractivity contribution in [3.8, 4) is 11.8 Å². The Hall–Kier alpha value is -5.26. The van der Waals surface area contributed by atoms with Crippen molar-refractivity contribution in [2.45, 2.75) is 76.0 Å². The zero-order chi connectivity index (χ0) is 37.9. The lowest BCUT2D eigenvalue weighted by atomic mass is 9.92. The third kappa shape index (κ3) is 8.23. The second-order valence-corrected chi connectivity index (χ2v) is 15.5. The lowest BCUT2D eigenvalue weighted by Crippen LogP contribution is -2.49. The number of ether oxygens (including phenoxy) is 1. The monoisotopic (exact) mass is 764 g/mol. The molecule has 2 aromatic carbocycles. The molecule has 4 aliphatic rings. The number of carbonyl (C=O) groups is 3. The highest BCUT2D eigenvalue weighted by molar-refractivity contribution is 6.31. The van der Waals surface area contributed by atoms with E-state index in [4.69, 9.17) is 26.7 Å². The fourth-order valence-electron chi connectivity index (χ4n) is 8.56. The van der Waals surface area contributed by atoms with Crippen LogP contribution in [-0.4, -0.2) is 94.1 Å². The summed E-state index contributed by atoms with van der Waals surface area (Å²) in [7, 11) is 0. The van der Waals surface area contributed by atoms with Crippen LogP contribution in [0.25, 0.3) is 10.9 Å². The first-order chi connectivity index (χ1) is 26.8. The van der Waals surface area contributed by atoms with Gasteiger partial charge in [-0.1, -0.05) is 17.7 Å². The molecule has 1 atom stereocenters. The molecule has 0 radical (unpaired) electrons. The molecular formula is C40H45ClN10O4. The number of halogens is 1. The van der Waals surface area contributed by atoms with E-state index in [-0.39, 0.29) is 42.5 Å². The Morgan fingerprint density at radius 3 is 2.56 bits per heavy atom. The average molecular weight is 765 g/mol. The largest absolute Gasteiger partial charge is 0.490 e. The number of benzene rings is 2. The van der Waals surface area contributed by atoms with E-state index < -0.39 is 0 Å². The standard InChI is InChI=1S/C40H45ClN10O4/c41-33-21-31(9-6-27(33)22-42)55-30-10-7-28(8-11-30)44-39(53)34-12-13-37(47-46-34)49-17-2-3-26(25-49)24-48-18-14-29(15-19-48)51-36-5-1-4-35(32(36)23-43-51)50-20-16-38(52)45-40(50)54/h1,4-6,9,12-13,21,23,26,28-30H,2-3,7-8,10-11,14-20,24-25H2,(H,44,53)(H,45,52,54)/t26-,28-,30-/m1/s1. The molecule has 5 heterocycles. The number of anilines is 2. The van der Waals surface area contributed by atoms with Crippen molar-refractivity contribution in [2.75, 3.05) is 49.1 Å². The summed E-state index contributed by atoms with van der Waals surface area (Å²) in [6.45, 7) is 5.19. The zero-order valence-electron chi connectivity index (χ0n) is 30.7. The van der Waals surface area contributed by atoms with E-state index in [0.29, 0.717) is 34.5 Å². The van der Waals surface area contributed by atoms with Crippen LogP contribution < -0.4 is 25.2 Å². The molecule has 14 nitrogen and oxygen atoms in total. The second-order valence-electron chi connectivity index (χ2n) is 15.1. The van der Waals surface area contributed by atoms with Crippen molar-refractivity contribution in [3.63, 3.8) is 0 Å². The van der Waals surface area contributed by atoms with E-state index in [9.17, 15) is 14.4 Å². The lowest BCUT2D eigenvalue weighted by molar-refractivity contribution is -0.120. The van der Waals surface area contributed by atoms with Gasteiger partial charge in [0.05, 0.1) is 40.1 Å². The molecule has 1 aliphatic carbocycles. The minimum Gasteiger partial charge on any atom is -0.490 e. The number of urea groups is 1. The van der Waals surface area contributed by atoms with E-state index in [1.165, 1.54) is 6.42 Å². The van der Waals surface area contributed by atoms with Crippen LogP contribution in [-0.2, 0) is 4.79 Å². The fourth-order valence-corrected chi connectivity index (χ4v) is 8.77. The minimum atomic E-state index is -0.385. The van der Waals surface area contributed by atoms with Gasteiger partial charge in [0.25, 0.3) is 5.91 Å². The van der Waals surface area contributed by atoms with E-state index in [0.717, 1.165) is 100 Å². The summed E-state index contributed by atoms with van der Waals surface area (Å²) in [4.78, 5) is 43.8. The quantitative estimate of drug-likeness (QED) is 0.224. The molecule has 0 spiro atoms. The predicted octanol–water partition coefficient (Wildman–Crippen LogP) is 5.47. The third-order valence-corrected chi connectivity index (χ3v) is 11.8. The Labute approximate surface area is 324 Å². The Bertz CT molecular complexity index is 2090. The number of carbonyl (C=O) groups excluding carboxylic acids is 3. The average Bonchev–Trinajstić information content (AvgIpc) is 3.64. The van der Waals surface area contributed by atoms with Gasteiger partial charge in [0.15, 0.2) is 11.5 Å². The lowest BCUT2D eigenvalue weighted by Gasteiger charge is -2.38. The molecule has 0 bridgehead atoms. The van der Waals surface area contributed by atoms with Crippen molar-refractivity contribution in [2.24, 2.45) is 5.92 Å². The number of amides is 4. The summed E-state index contributed by atoms with van der Waals surface area (Å²) in [5, 5.41) is 29.5. The number of nitrogens with one attached hydrogen (secondary N) is 2. The number of likely N-dealkylation sites (tertiary alicyclic amines) is 1. The highest BCUT2D eigenvalue weighted by Crippen LogP contribution is 2.33. The maximum absolute atomic E-state index is 13.1. The molecule has 1 saturated carbocycles. The van der Waals surface area contributed by atoms with Gasteiger partial charge in [-0.25, -0.2) is 4.79 Å². The van der Waals surface area contributed by atoms with Gasteiger partial charge < -0.3 is 19.9 Å².